The average Bonchev–Trinajstić information content (AvgIpc) is 3.04. The van der Waals surface area contributed by atoms with Gasteiger partial charge in [0.15, 0.2) is 11.6 Å². The van der Waals surface area contributed by atoms with Gasteiger partial charge in [-0.2, -0.15) is 0 Å². The number of fused-ring (bicyclic) bond motifs is 1. The Kier molecular flexibility index (Phi) is 4.53. The van der Waals surface area contributed by atoms with E-state index in [0.29, 0.717) is 10.9 Å². The summed E-state index contributed by atoms with van der Waals surface area (Å²) in [5, 5.41) is 0.607. The first-order valence-electron chi connectivity index (χ1n) is 7.80. The van der Waals surface area contributed by atoms with Crippen molar-refractivity contribution in [2.45, 2.75) is 17.7 Å². The van der Waals surface area contributed by atoms with E-state index in [1.807, 2.05) is 6.92 Å². The van der Waals surface area contributed by atoms with Crippen LogP contribution in [-0.2, 0) is 10.0 Å². The molecule has 1 unspecified atom stereocenters. The Morgan fingerprint density at radius 2 is 1.92 bits per heavy atom. The van der Waals surface area contributed by atoms with Gasteiger partial charge in [-0.1, -0.05) is 25.1 Å². The third kappa shape index (κ3) is 2.79. The molecule has 0 saturated carbocycles. The highest BCUT2D eigenvalue weighted by molar-refractivity contribution is 7.90. The predicted molar refractivity (Wildman–Crippen MR) is 94.9 cm³/mol. The zero-order valence-corrected chi connectivity index (χ0v) is 14.8. The number of nitrogens with zero attached hydrogens (tertiary/aromatic N) is 1. The molecule has 0 aliphatic carbocycles. The molecule has 1 aromatic heterocycles. The lowest BCUT2D eigenvalue weighted by molar-refractivity contribution is 0.380. The van der Waals surface area contributed by atoms with E-state index >= 15 is 0 Å². The highest BCUT2D eigenvalue weighted by Crippen LogP contribution is 2.37. The lowest BCUT2D eigenvalue weighted by Gasteiger charge is -2.17. The largest absolute Gasteiger partial charge is 0.493 e. The Hall–Kier alpha value is -2.38. The van der Waals surface area contributed by atoms with Gasteiger partial charge in [0.2, 0.25) is 0 Å². The number of nitrogens with two attached hydrogens (primary N) is 1. The summed E-state index contributed by atoms with van der Waals surface area (Å²) in [6, 6.07) is 10.9. The van der Waals surface area contributed by atoms with E-state index in [2.05, 4.69) is 0 Å². The lowest BCUT2D eigenvalue weighted by Crippen LogP contribution is -2.13. The van der Waals surface area contributed by atoms with Crippen LogP contribution in [0.25, 0.3) is 10.9 Å². The molecule has 2 N–H and O–H groups in total. The number of hydrogen-bond donors (Lipinski definition) is 1. The molecule has 3 aromatic rings. The number of rotatable bonds is 5. The van der Waals surface area contributed by atoms with Crippen LogP contribution in [0, 0.1) is 5.82 Å². The Labute approximate surface area is 145 Å². The number of ether oxygens (including phenoxy) is 1. The quantitative estimate of drug-likeness (QED) is 0.757. The van der Waals surface area contributed by atoms with Crippen molar-refractivity contribution in [3.8, 4) is 5.75 Å². The van der Waals surface area contributed by atoms with Gasteiger partial charge in [-0.05, 0) is 30.7 Å². The molecule has 0 bridgehead atoms. The van der Waals surface area contributed by atoms with Crippen molar-refractivity contribution in [3.63, 3.8) is 0 Å². The van der Waals surface area contributed by atoms with Crippen LogP contribution in [0.2, 0.25) is 0 Å². The van der Waals surface area contributed by atoms with Gasteiger partial charge in [-0.25, -0.2) is 16.8 Å². The topological polar surface area (TPSA) is 74.3 Å². The zero-order valence-electron chi connectivity index (χ0n) is 13.9. The highest BCUT2D eigenvalue weighted by Gasteiger charge is 2.24. The molecule has 2 aromatic carbocycles. The maximum atomic E-state index is 14.6. The molecule has 25 heavy (non-hydrogen) atoms. The van der Waals surface area contributed by atoms with E-state index in [1.54, 1.807) is 24.3 Å². The van der Waals surface area contributed by atoms with E-state index in [1.165, 1.54) is 31.5 Å². The lowest BCUT2D eigenvalue weighted by atomic mass is 9.96. The first kappa shape index (κ1) is 17.4. The summed E-state index contributed by atoms with van der Waals surface area (Å²) in [4.78, 5) is 0.136. The first-order chi connectivity index (χ1) is 11.9. The van der Waals surface area contributed by atoms with Gasteiger partial charge in [0.05, 0.1) is 17.5 Å². The number of methoxy groups -OCH3 is 1. The second-order valence-electron chi connectivity index (χ2n) is 5.80. The van der Waals surface area contributed by atoms with Crippen molar-refractivity contribution >= 4 is 20.9 Å². The molecule has 3 rings (SSSR count). The monoisotopic (exact) mass is 362 g/mol. The minimum absolute atomic E-state index is 0.0975. The van der Waals surface area contributed by atoms with Crippen LogP contribution in [0.4, 0.5) is 4.39 Å². The molecule has 0 amide bonds. The van der Waals surface area contributed by atoms with Gasteiger partial charge in [0.1, 0.15) is 0 Å². The second-order valence-corrected chi connectivity index (χ2v) is 7.62. The molecule has 0 aliphatic heterocycles. The Morgan fingerprint density at radius 3 is 2.52 bits per heavy atom. The van der Waals surface area contributed by atoms with Crippen LogP contribution in [0.1, 0.15) is 18.4 Å². The fourth-order valence-corrected chi connectivity index (χ4v) is 4.32. The molecule has 0 aliphatic rings. The summed E-state index contributed by atoms with van der Waals surface area (Å²) in [5.74, 6) is -0.711. The molecular formula is C18H19FN2O3S. The molecule has 7 heteroatoms. The molecule has 1 atom stereocenters. The number of benzene rings is 2. The summed E-state index contributed by atoms with van der Waals surface area (Å²) in [6.45, 7) is 2.13. The standard InChI is InChI=1S/C18H19FN2O3S/c1-12(11-20)17-14-8-9-21(16(14)10-15(19)18(17)24-2)25(22,23)13-6-4-3-5-7-13/h3-10,12H,11,20H2,1-2H3. The van der Waals surface area contributed by atoms with Gasteiger partial charge < -0.3 is 10.5 Å². The van der Waals surface area contributed by atoms with Crippen LogP contribution >= 0.6 is 0 Å². The minimum atomic E-state index is -3.83. The summed E-state index contributed by atoms with van der Waals surface area (Å²) in [7, 11) is -2.45. The van der Waals surface area contributed by atoms with Crippen molar-refractivity contribution < 1.29 is 17.5 Å². The van der Waals surface area contributed by atoms with Crippen molar-refractivity contribution in [3.05, 3.63) is 60.0 Å². The van der Waals surface area contributed by atoms with Crippen molar-refractivity contribution in [2.24, 2.45) is 5.73 Å². The molecule has 0 radical (unpaired) electrons. The summed E-state index contributed by atoms with van der Waals surface area (Å²) < 4.78 is 46.7. The summed E-state index contributed by atoms with van der Waals surface area (Å²) in [6.07, 6.45) is 1.43. The Bertz CT molecular complexity index is 1010. The molecular weight excluding hydrogens is 343 g/mol. The Balaban J connectivity index is 2.32. The van der Waals surface area contributed by atoms with E-state index in [-0.39, 0.29) is 28.6 Å². The van der Waals surface area contributed by atoms with E-state index in [9.17, 15) is 12.8 Å². The van der Waals surface area contributed by atoms with Crippen LogP contribution in [0.15, 0.2) is 53.6 Å². The fraction of sp³-hybridized carbons (Fsp3) is 0.222. The Morgan fingerprint density at radius 1 is 1.24 bits per heavy atom. The van der Waals surface area contributed by atoms with Gasteiger partial charge in [-0.3, -0.25) is 0 Å². The third-order valence-electron chi connectivity index (χ3n) is 4.26. The van der Waals surface area contributed by atoms with Crippen molar-refractivity contribution in [1.82, 2.24) is 3.97 Å². The smallest absolute Gasteiger partial charge is 0.268 e. The van der Waals surface area contributed by atoms with Gasteiger partial charge in [0, 0.05) is 23.2 Å². The first-order valence-corrected chi connectivity index (χ1v) is 9.24. The van der Waals surface area contributed by atoms with Gasteiger partial charge in [0.25, 0.3) is 10.0 Å². The summed E-state index contributed by atoms with van der Waals surface area (Å²) >= 11 is 0. The predicted octanol–water partition coefficient (Wildman–Crippen LogP) is 3.09. The number of aromatic nitrogens is 1. The van der Waals surface area contributed by atoms with Crippen LogP contribution in [-0.4, -0.2) is 26.0 Å². The average molecular weight is 362 g/mol. The van der Waals surface area contributed by atoms with Gasteiger partial charge in [-0.15, -0.1) is 0 Å². The second kappa shape index (κ2) is 6.50. The van der Waals surface area contributed by atoms with Crippen LogP contribution in [0.5, 0.6) is 5.75 Å². The highest BCUT2D eigenvalue weighted by atomic mass is 32.2. The van der Waals surface area contributed by atoms with Crippen LogP contribution < -0.4 is 10.5 Å². The normalized spacial score (nSPS) is 13.1. The molecule has 0 saturated heterocycles. The van der Waals surface area contributed by atoms with Crippen LogP contribution in [0.3, 0.4) is 0 Å². The fourth-order valence-electron chi connectivity index (χ4n) is 2.96. The molecule has 0 fully saturated rings. The van der Waals surface area contributed by atoms with Gasteiger partial charge >= 0.3 is 0 Å². The SMILES string of the molecule is COc1c(F)cc2c(ccn2S(=O)(=O)c2ccccc2)c1C(C)CN. The van der Waals surface area contributed by atoms with E-state index in [0.717, 1.165) is 3.97 Å². The molecule has 1 heterocycles. The molecule has 132 valence electrons. The maximum Gasteiger partial charge on any atom is 0.268 e. The molecule has 5 nitrogen and oxygen atoms in total. The minimum Gasteiger partial charge on any atom is -0.493 e. The van der Waals surface area contributed by atoms with Crippen molar-refractivity contribution in [2.75, 3.05) is 13.7 Å². The maximum absolute atomic E-state index is 14.6. The summed E-state index contributed by atoms with van der Waals surface area (Å²) in [5.41, 5.74) is 6.58. The zero-order chi connectivity index (χ0) is 18.2. The third-order valence-corrected chi connectivity index (χ3v) is 5.96. The van der Waals surface area contributed by atoms with E-state index in [4.69, 9.17) is 10.5 Å². The van der Waals surface area contributed by atoms with E-state index < -0.39 is 15.8 Å². The number of halogens is 1. The van der Waals surface area contributed by atoms with Crippen molar-refractivity contribution in [1.29, 1.82) is 0 Å². The molecule has 0 spiro atoms. The number of hydrogen-bond acceptors (Lipinski definition) is 4.